The number of hydrogen-bond donors (Lipinski definition) is 3. The number of carbonyl (C=O) groups is 4. The number of amides is 3. The van der Waals surface area contributed by atoms with Gasteiger partial charge in [-0.1, -0.05) is 48.5 Å². The number of ether oxygens (including phenoxy) is 1. The van der Waals surface area contributed by atoms with E-state index in [4.69, 9.17) is 4.74 Å². The highest BCUT2D eigenvalue weighted by atomic mass is 16.5. The minimum atomic E-state index is -1.31. The number of carbonyl (C=O) groups excluding carboxylic acids is 3. The maximum absolute atomic E-state index is 12.5. The zero-order chi connectivity index (χ0) is 22.1. The Morgan fingerprint density at radius 3 is 2.29 bits per heavy atom. The van der Waals surface area contributed by atoms with Gasteiger partial charge in [-0.3, -0.25) is 15.0 Å². The number of alkyl carbamates (subject to hydrolysis) is 1. The topological polar surface area (TPSA) is 125 Å². The summed E-state index contributed by atoms with van der Waals surface area (Å²) in [6.45, 7) is 1.48. The number of nitrogens with zero attached hydrogens (tertiary/aromatic N) is 1. The average molecular weight is 423 g/mol. The van der Waals surface area contributed by atoms with Gasteiger partial charge in [0.2, 0.25) is 5.91 Å². The van der Waals surface area contributed by atoms with Crippen LogP contribution in [0, 0.1) is 0 Å². The number of fused-ring (bicyclic) bond motifs is 3. The summed E-state index contributed by atoms with van der Waals surface area (Å²) in [6, 6.07) is 13.4. The van der Waals surface area contributed by atoms with E-state index in [-0.39, 0.29) is 18.9 Å². The first kappa shape index (κ1) is 20.4. The van der Waals surface area contributed by atoms with Crippen LogP contribution in [0.1, 0.15) is 30.4 Å². The van der Waals surface area contributed by atoms with Crippen molar-refractivity contribution in [2.24, 2.45) is 0 Å². The van der Waals surface area contributed by atoms with Gasteiger partial charge in [-0.15, -0.1) is 0 Å². The second-order valence-electron chi connectivity index (χ2n) is 7.49. The number of aliphatic carboxylic acids is 1. The monoisotopic (exact) mass is 423 g/mol. The van der Waals surface area contributed by atoms with E-state index < -0.39 is 36.0 Å². The molecule has 0 aromatic heterocycles. The Labute approximate surface area is 178 Å². The highest BCUT2D eigenvalue weighted by molar-refractivity contribution is 5.96. The van der Waals surface area contributed by atoms with Crippen LogP contribution in [0.5, 0.6) is 0 Å². The third-order valence-corrected chi connectivity index (χ3v) is 5.51. The second kappa shape index (κ2) is 8.10. The summed E-state index contributed by atoms with van der Waals surface area (Å²) >= 11 is 0. The lowest BCUT2D eigenvalue weighted by Crippen LogP contribution is -2.54. The van der Waals surface area contributed by atoms with Gasteiger partial charge >= 0.3 is 12.1 Å². The van der Waals surface area contributed by atoms with Crippen molar-refractivity contribution in [3.05, 3.63) is 59.7 Å². The van der Waals surface area contributed by atoms with Gasteiger partial charge in [0.1, 0.15) is 12.6 Å². The fourth-order valence-corrected chi connectivity index (χ4v) is 4.02. The largest absolute Gasteiger partial charge is 0.480 e. The Bertz CT molecular complexity index is 1020. The molecule has 3 N–H and O–H groups in total. The molecule has 2 aromatic rings. The van der Waals surface area contributed by atoms with Crippen LogP contribution >= 0.6 is 0 Å². The van der Waals surface area contributed by atoms with E-state index in [1.807, 2.05) is 48.5 Å². The van der Waals surface area contributed by atoms with Crippen LogP contribution < -0.4 is 10.7 Å². The minimum absolute atomic E-state index is 0.0823. The third-order valence-electron chi connectivity index (χ3n) is 5.51. The first-order chi connectivity index (χ1) is 14.9. The van der Waals surface area contributed by atoms with Gasteiger partial charge in [0.15, 0.2) is 6.04 Å². The second-order valence-corrected chi connectivity index (χ2v) is 7.49. The third kappa shape index (κ3) is 3.81. The van der Waals surface area contributed by atoms with Crippen molar-refractivity contribution in [2.75, 3.05) is 6.61 Å². The molecule has 9 nitrogen and oxygen atoms in total. The SMILES string of the molecule is CC(NC(=O)OCC1c2ccccc2-c2ccccc21)C(=O)N1NC(=O)CC1C(=O)O. The van der Waals surface area contributed by atoms with Crippen LogP contribution in [-0.2, 0) is 19.1 Å². The smallest absolute Gasteiger partial charge is 0.407 e. The van der Waals surface area contributed by atoms with E-state index in [0.717, 1.165) is 27.3 Å². The van der Waals surface area contributed by atoms with Crippen molar-refractivity contribution in [3.8, 4) is 11.1 Å². The van der Waals surface area contributed by atoms with Crippen molar-refractivity contribution in [2.45, 2.75) is 31.3 Å². The van der Waals surface area contributed by atoms with E-state index >= 15 is 0 Å². The van der Waals surface area contributed by atoms with Crippen LogP contribution in [0.3, 0.4) is 0 Å². The normalized spacial score (nSPS) is 18.0. The van der Waals surface area contributed by atoms with Gasteiger partial charge in [-0.05, 0) is 29.2 Å². The lowest BCUT2D eigenvalue weighted by Gasteiger charge is -2.24. The van der Waals surface area contributed by atoms with E-state index in [0.29, 0.717) is 0 Å². The Balaban J connectivity index is 1.39. The molecule has 2 aliphatic rings. The summed E-state index contributed by atoms with van der Waals surface area (Å²) in [5.41, 5.74) is 6.52. The summed E-state index contributed by atoms with van der Waals surface area (Å²) in [7, 11) is 0. The molecular formula is C22H21N3O6. The molecule has 3 amide bonds. The first-order valence-corrected chi connectivity index (χ1v) is 9.83. The summed E-state index contributed by atoms with van der Waals surface area (Å²) in [4.78, 5) is 47.6. The van der Waals surface area contributed by atoms with E-state index in [1.165, 1.54) is 6.92 Å². The summed E-state index contributed by atoms with van der Waals surface area (Å²) < 4.78 is 5.39. The Morgan fingerprint density at radius 2 is 1.71 bits per heavy atom. The number of nitrogens with one attached hydrogen (secondary N) is 2. The highest BCUT2D eigenvalue weighted by Gasteiger charge is 2.41. The Morgan fingerprint density at radius 1 is 1.13 bits per heavy atom. The molecule has 4 rings (SSSR count). The molecule has 2 unspecified atom stereocenters. The molecule has 1 aliphatic carbocycles. The van der Waals surface area contributed by atoms with Crippen LogP contribution in [0.4, 0.5) is 4.79 Å². The zero-order valence-electron chi connectivity index (χ0n) is 16.7. The molecule has 2 aromatic carbocycles. The lowest BCUT2D eigenvalue weighted by molar-refractivity contribution is -0.151. The predicted molar refractivity (Wildman–Crippen MR) is 109 cm³/mol. The number of benzene rings is 2. The highest BCUT2D eigenvalue weighted by Crippen LogP contribution is 2.44. The van der Waals surface area contributed by atoms with Gasteiger partial charge in [0.25, 0.3) is 5.91 Å². The zero-order valence-corrected chi connectivity index (χ0v) is 16.7. The van der Waals surface area contributed by atoms with Crippen LogP contribution in [0.25, 0.3) is 11.1 Å². The van der Waals surface area contributed by atoms with E-state index in [9.17, 15) is 24.3 Å². The lowest BCUT2D eigenvalue weighted by atomic mass is 9.98. The molecule has 31 heavy (non-hydrogen) atoms. The molecule has 0 bridgehead atoms. The maximum atomic E-state index is 12.5. The van der Waals surface area contributed by atoms with Crippen LogP contribution in [-0.4, -0.2) is 52.7 Å². The van der Waals surface area contributed by atoms with Gasteiger partial charge in [0.05, 0.1) is 6.42 Å². The molecule has 0 saturated carbocycles. The van der Waals surface area contributed by atoms with E-state index in [1.54, 1.807) is 0 Å². The fraction of sp³-hybridized carbons (Fsp3) is 0.273. The molecule has 9 heteroatoms. The molecule has 1 fully saturated rings. The molecule has 1 aliphatic heterocycles. The maximum Gasteiger partial charge on any atom is 0.407 e. The molecule has 1 saturated heterocycles. The Kier molecular flexibility index (Phi) is 5.33. The number of carboxylic acids is 1. The number of hydrazine groups is 1. The molecule has 1 heterocycles. The van der Waals surface area contributed by atoms with Crippen molar-refractivity contribution in [1.29, 1.82) is 0 Å². The van der Waals surface area contributed by atoms with Gasteiger partial charge < -0.3 is 15.2 Å². The predicted octanol–water partition coefficient (Wildman–Crippen LogP) is 1.63. The van der Waals surface area contributed by atoms with Crippen molar-refractivity contribution >= 4 is 23.9 Å². The van der Waals surface area contributed by atoms with Crippen LogP contribution in [0.2, 0.25) is 0 Å². The quantitative estimate of drug-likeness (QED) is 0.671. The number of hydrogen-bond acceptors (Lipinski definition) is 5. The van der Waals surface area contributed by atoms with E-state index in [2.05, 4.69) is 10.7 Å². The minimum Gasteiger partial charge on any atom is -0.480 e. The van der Waals surface area contributed by atoms with Crippen molar-refractivity contribution in [1.82, 2.24) is 15.8 Å². The van der Waals surface area contributed by atoms with Crippen molar-refractivity contribution < 1.29 is 29.0 Å². The number of rotatable bonds is 5. The average Bonchev–Trinajstić information content (AvgIpc) is 3.30. The van der Waals surface area contributed by atoms with Gasteiger partial charge in [-0.25, -0.2) is 14.6 Å². The summed E-state index contributed by atoms with van der Waals surface area (Å²) in [5.74, 6) is -2.75. The van der Waals surface area contributed by atoms with Gasteiger partial charge in [-0.2, -0.15) is 0 Å². The fourth-order valence-electron chi connectivity index (χ4n) is 4.02. The number of carboxylic acid groups (broad SMARTS) is 1. The molecule has 2 atom stereocenters. The van der Waals surface area contributed by atoms with Crippen LogP contribution in [0.15, 0.2) is 48.5 Å². The molecule has 0 radical (unpaired) electrons. The standard InChI is InChI=1S/C22H21N3O6/c1-12(20(27)25-18(21(28)29)10-19(26)24-25)23-22(30)31-11-17-15-8-4-2-6-13(15)14-7-3-5-9-16(14)17/h2-9,12,17-18H,10-11H2,1H3,(H,23,30)(H,24,26)(H,28,29). The van der Waals surface area contributed by atoms with Crippen molar-refractivity contribution in [3.63, 3.8) is 0 Å². The molecular weight excluding hydrogens is 402 g/mol. The molecule has 160 valence electrons. The first-order valence-electron chi connectivity index (χ1n) is 9.83. The van der Waals surface area contributed by atoms with Gasteiger partial charge in [0, 0.05) is 5.92 Å². The summed E-state index contributed by atoms with van der Waals surface area (Å²) in [5, 5.41) is 12.3. The molecule has 0 spiro atoms. The Hall–Kier alpha value is -3.88. The summed E-state index contributed by atoms with van der Waals surface area (Å²) in [6.07, 6.45) is -1.14.